The van der Waals surface area contributed by atoms with Gasteiger partial charge in [0.2, 0.25) is 0 Å². The molecule has 0 unspecified atom stereocenters. The number of benzene rings is 1. The van der Waals surface area contributed by atoms with Gasteiger partial charge in [0, 0.05) is 41.3 Å². The van der Waals surface area contributed by atoms with Gasteiger partial charge in [0.25, 0.3) is 0 Å². The molecule has 3 aromatic rings. The third-order valence-electron chi connectivity index (χ3n) is 4.34. The first-order chi connectivity index (χ1) is 11.2. The number of Topliss-reactive ketones (excluding diaryl/α,β-unsaturated/α-hetero) is 1. The Morgan fingerprint density at radius 3 is 3.00 bits per heavy atom. The molecule has 1 aromatic carbocycles. The summed E-state index contributed by atoms with van der Waals surface area (Å²) in [6.07, 6.45) is 6.69. The summed E-state index contributed by atoms with van der Waals surface area (Å²) in [6.45, 7) is 0.980. The van der Waals surface area contributed by atoms with Crippen molar-refractivity contribution in [3.05, 3.63) is 46.5 Å². The molecule has 118 valence electrons. The number of aromatic nitrogens is 2. The molecule has 0 saturated heterocycles. The summed E-state index contributed by atoms with van der Waals surface area (Å²) in [5.74, 6) is 1.70. The summed E-state index contributed by atoms with van der Waals surface area (Å²) in [6, 6.07) is 5.94. The second kappa shape index (κ2) is 5.81. The number of fused-ring (bicyclic) bond motifs is 1. The van der Waals surface area contributed by atoms with E-state index in [0.717, 1.165) is 39.7 Å². The van der Waals surface area contributed by atoms with Gasteiger partial charge in [0.1, 0.15) is 10.8 Å². The molecule has 1 aliphatic carbocycles. The number of thiazole rings is 1. The number of ketones is 1. The molecule has 1 saturated carbocycles. The number of methoxy groups -OCH3 is 1. The number of nitrogens with zero attached hydrogens (tertiary/aromatic N) is 2. The van der Waals surface area contributed by atoms with Crippen LogP contribution in [0.15, 0.2) is 36.0 Å². The Hall–Kier alpha value is -2.14. The first-order valence-corrected chi connectivity index (χ1v) is 8.71. The molecule has 0 bridgehead atoms. The minimum absolute atomic E-state index is 0.129. The summed E-state index contributed by atoms with van der Waals surface area (Å²) in [5.41, 5.74) is 1.87. The van der Waals surface area contributed by atoms with Crippen LogP contribution in [0.2, 0.25) is 0 Å². The lowest BCUT2D eigenvalue weighted by molar-refractivity contribution is 0.0994. The van der Waals surface area contributed by atoms with E-state index in [1.54, 1.807) is 13.3 Å². The molecule has 0 atom stereocenters. The highest BCUT2D eigenvalue weighted by atomic mass is 32.1. The van der Waals surface area contributed by atoms with Crippen molar-refractivity contribution in [2.75, 3.05) is 7.11 Å². The second-order valence-corrected chi connectivity index (χ2v) is 7.03. The Bertz CT molecular complexity index is 847. The van der Waals surface area contributed by atoms with E-state index in [4.69, 9.17) is 4.74 Å². The first kappa shape index (κ1) is 14.5. The van der Waals surface area contributed by atoms with Gasteiger partial charge in [-0.25, -0.2) is 4.98 Å². The summed E-state index contributed by atoms with van der Waals surface area (Å²) < 4.78 is 7.56. The van der Waals surface area contributed by atoms with Crippen molar-refractivity contribution < 1.29 is 9.53 Å². The van der Waals surface area contributed by atoms with Gasteiger partial charge < -0.3 is 9.30 Å². The minimum Gasteiger partial charge on any atom is -0.497 e. The van der Waals surface area contributed by atoms with Gasteiger partial charge in [-0.1, -0.05) is 0 Å². The Labute approximate surface area is 138 Å². The number of hydrogen-bond acceptors (Lipinski definition) is 4. The average molecular weight is 326 g/mol. The topological polar surface area (TPSA) is 44.1 Å². The third kappa shape index (κ3) is 2.88. The molecular weight excluding hydrogens is 308 g/mol. The van der Waals surface area contributed by atoms with Crippen molar-refractivity contribution in [2.45, 2.75) is 25.8 Å². The Balaban J connectivity index is 1.74. The van der Waals surface area contributed by atoms with E-state index in [2.05, 4.69) is 9.55 Å². The zero-order chi connectivity index (χ0) is 15.8. The average Bonchev–Trinajstić information content (AvgIpc) is 3.09. The number of rotatable bonds is 6. The lowest BCUT2D eigenvalue weighted by atomic mass is 10.1. The van der Waals surface area contributed by atoms with Crippen LogP contribution in [0.3, 0.4) is 0 Å². The van der Waals surface area contributed by atoms with Gasteiger partial charge in [-0.2, -0.15) is 0 Å². The van der Waals surface area contributed by atoms with Crippen LogP contribution in [-0.4, -0.2) is 22.4 Å². The van der Waals surface area contributed by atoms with Crippen LogP contribution in [-0.2, 0) is 13.0 Å². The van der Waals surface area contributed by atoms with E-state index in [9.17, 15) is 4.79 Å². The largest absolute Gasteiger partial charge is 0.497 e. The lowest BCUT2D eigenvalue weighted by Gasteiger charge is -2.05. The Morgan fingerprint density at radius 1 is 1.43 bits per heavy atom. The smallest absolute Gasteiger partial charge is 0.171 e. The molecule has 0 amide bonds. The Kier molecular flexibility index (Phi) is 3.65. The van der Waals surface area contributed by atoms with Gasteiger partial charge in [-0.15, -0.1) is 11.3 Å². The van der Waals surface area contributed by atoms with Crippen LogP contribution in [0.25, 0.3) is 10.9 Å². The van der Waals surface area contributed by atoms with Crippen molar-refractivity contribution in [3.8, 4) is 5.75 Å². The molecule has 1 aliphatic rings. The van der Waals surface area contributed by atoms with Crippen LogP contribution in [0, 0.1) is 5.92 Å². The highest BCUT2D eigenvalue weighted by Gasteiger charge is 2.24. The molecule has 23 heavy (non-hydrogen) atoms. The number of carbonyl (C=O) groups excluding carboxylic acids is 1. The maximum Gasteiger partial charge on any atom is 0.171 e. The minimum atomic E-state index is 0.129. The van der Waals surface area contributed by atoms with E-state index < -0.39 is 0 Å². The van der Waals surface area contributed by atoms with E-state index in [-0.39, 0.29) is 5.78 Å². The normalized spacial score (nSPS) is 14.3. The molecular formula is C18H18N2O2S. The molecule has 0 aliphatic heterocycles. The second-order valence-electron chi connectivity index (χ2n) is 6.05. The molecule has 0 radical (unpaired) electrons. The molecule has 4 rings (SSSR count). The fraction of sp³-hybridized carbons (Fsp3) is 0.333. The third-order valence-corrected chi connectivity index (χ3v) is 5.12. The molecule has 5 heteroatoms. The van der Waals surface area contributed by atoms with E-state index in [1.165, 1.54) is 24.2 Å². The fourth-order valence-electron chi connectivity index (χ4n) is 2.92. The molecule has 1 fully saturated rings. The van der Waals surface area contributed by atoms with E-state index >= 15 is 0 Å². The SMILES string of the molecule is COc1ccc2c(C(=O)Cc3nccs3)cn(CC3CC3)c2c1. The van der Waals surface area contributed by atoms with Gasteiger partial charge >= 0.3 is 0 Å². The quantitative estimate of drug-likeness (QED) is 0.644. The highest BCUT2D eigenvalue weighted by molar-refractivity contribution is 7.09. The monoisotopic (exact) mass is 326 g/mol. The molecule has 4 nitrogen and oxygen atoms in total. The number of hydrogen-bond donors (Lipinski definition) is 0. The van der Waals surface area contributed by atoms with Crippen molar-refractivity contribution in [2.24, 2.45) is 5.92 Å². The predicted octanol–water partition coefficient (Wildman–Crippen LogP) is 3.94. The van der Waals surface area contributed by atoms with Gasteiger partial charge in [-0.3, -0.25) is 4.79 Å². The number of ether oxygens (including phenoxy) is 1. The van der Waals surface area contributed by atoms with E-state index in [0.29, 0.717) is 6.42 Å². The summed E-state index contributed by atoms with van der Waals surface area (Å²) in [7, 11) is 1.67. The highest BCUT2D eigenvalue weighted by Crippen LogP contribution is 2.34. The summed E-state index contributed by atoms with van der Waals surface area (Å²) in [4.78, 5) is 16.9. The molecule has 2 aromatic heterocycles. The lowest BCUT2D eigenvalue weighted by Crippen LogP contribution is -2.03. The van der Waals surface area contributed by atoms with Crippen molar-refractivity contribution in [3.63, 3.8) is 0 Å². The molecule has 0 spiro atoms. The first-order valence-electron chi connectivity index (χ1n) is 7.83. The summed E-state index contributed by atoms with van der Waals surface area (Å²) >= 11 is 1.53. The van der Waals surface area contributed by atoms with Crippen molar-refractivity contribution in [1.29, 1.82) is 0 Å². The number of carbonyl (C=O) groups is 1. The maximum absolute atomic E-state index is 12.7. The standard InChI is InChI=1S/C18H18N2O2S/c1-22-13-4-5-14-15(17(21)9-18-19-6-7-23-18)11-20(16(14)8-13)10-12-2-3-12/h4-8,11-12H,2-3,9-10H2,1H3. The van der Waals surface area contributed by atoms with Crippen LogP contribution in [0.4, 0.5) is 0 Å². The summed E-state index contributed by atoms with van der Waals surface area (Å²) in [5, 5.41) is 3.78. The van der Waals surface area contributed by atoms with Crippen LogP contribution in [0.1, 0.15) is 28.2 Å². The van der Waals surface area contributed by atoms with Gasteiger partial charge in [-0.05, 0) is 30.9 Å². The molecule has 0 N–H and O–H groups in total. The molecule has 2 heterocycles. The van der Waals surface area contributed by atoms with Crippen LogP contribution in [0.5, 0.6) is 5.75 Å². The van der Waals surface area contributed by atoms with E-state index in [1.807, 2.05) is 29.8 Å². The Morgan fingerprint density at radius 2 is 2.30 bits per heavy atom. The van der Waals surface area contributed by atoms with Gasteiger partial charge in [0.15, 0.2) is 5.78 Å². The van der Waals surface area contributed by atoms with Crippen molar-refractivity contribution in [1.82, 2.24) is 9.55 Å². The zero-order valence-electron chi connectivity index (χ0n) is 13.0. The van der Waals surface area contributed by atoms with Crippen LogP contribution < -0.4 is 4.74 Å². The van der Waals surface area contributed by atoms with Crippen LogP contribution >= 0.6 is 11.3 Å². The maximum atomic E-state index is 12.7. The van der Waals surface area contributed by atoms with Crippen molar-refractivity contribution >= 4 is 28.0 Å². The van der Waals surface area contributed by atoms with Gasteiger partial charge in [0.05, 0.1) is 19.0 Å². The predicted molar refractivity (Wildman–Crippen MR) is 91.4 cm³/mol. The zero-order valence-corrected chi connectivity index (χ0v) is 13.8. The fourth-order valence-corrected chi connectivity index (χ4v) is 3.54.